The third kappa shape index (κ3) is 3.87. The lowest BCUT2D eigenvalue weighted by molar-refractivity contribution is 0.692. The molecule has 12 rings (SSSR count). The van der Waals surface area contributed by atoms with E-state index in [0.29, 0.717) is 5.92 Å². The van der Waals surface area contributed by atoms with Crippen LogP contribution in [-0.4, -0.2) is 4.98 Å². The minimum atomic E-state index is 0.0515. The summed E-state index contributed by atoms with van der Waals surface area (Å²) >= 11 is 0. The van der Waals surface area contributed by atoms with Crippen molar-refractivity contribution in [1.29, 1.82) is 0 Å². The van der Waals surface area contributed by atoms with Crippen LogP contribution in [0.5, 0.6) is 0 Å². The second kappa shape index (κ2) is 10.5. The Bertz CT molecular complexity index is 2830. The fourth-order valence-electron chi connectivity index (χ4n) is 9.73. The Morgan fingerprint density at radius 1 is 0.577 bits per heavy atom. The van der Waals surface area contributed by atoms with E-state index in [9.17, 15) is 0 Å². The van der Waals surface area contributed by atoms with Crippen molar-refractivity contribution in [3.63, 3.8) is 0 Å². The normalized spacial score (nSPS) is 17.8. The highest BCUT2D eigenvalue weighted by Crippen LogP contribution is 2.53. The van der Waals surface area contributed by atoms with Crippen LogP contribution in [0.1, 0.15) is 51.9 Å². The Labute approximate surface area is 302 Å². The van der Waals surface area contributed by atoms with E-state index in [1.54, 1.807) is 0 Å². The number of fused-ring (bicyclic) bond motifs is 9. The first-order valence-electron chi connectivity index (χ1n) is 18.3. The summed E-state index contributed by atoms with van der Waals surface area (Å²) in [7, 11) is 0. The van der Waals surface area contributed by atoms with Crippen LogP contribution in [0.4, 0.5) is 0 Å². The van der Waals surface area contributed by atoms with Gasteiger partial charge in [0.1, 0.15) is 0 Å². The summed E-state index contributed by atoms with van der Waals surface area (Å²) in [6, 6.07) is 45.5. The highest BCUT2D eigenvalue weighted by atomic mass is 14.9. The lowest BCUT2D eigenvalue weighted by atomic mass is 9.81. The van der Waals surface area contributed by atoms with Gasteiger partial charge in [0.05, 0.1) is 11.7 Å². The molecule has 0 fully saturated rings. The molecule has 2 atom stereocenters. The highest BCUT2D eigenvalue weighted by Gasteiger charge is 2.33. The first kappa shape index (κ1) is 28.2. The van der Waals surface area contributed by atoms with Crippen molar-refractivity contribution in [3.05, 3.63) is 191 Å². The number of rotatable bonds is 3. The Morgan fingerprint density at radius 3 is 2.21 bits per heavy atom. The molecular weight excluding hydrogens is 629 g/mol. The molecule has 2 nitrogen and oxygen atoms in total. The van der Waals surface area contributed by atoms with Crippen molar-refractivity contribution in [3.8, 4) is 55.6 Å². The fraction of sp³-hybridized carbons (Fsp3) is 0.0600. The van der Waals surface area contributed by atoms with Crippen molar-refractivity contribution < 1.29 is 0 Å². The van der Waals surface area contributed by atoms with Gasteiger partial charge in [-0.25, -0.2) is 0 Å². The van der Waals surface area contributed by atoms with E-state index < -0.39 is 0 Å². The quantitative estimate of drug-likeness (QED) is 0.204. The Balaban J connectivity index is 1.07. The van der Waals surface area contributed by atoms with Gasteiger partial charge in [0.15, 0.2) is 0 Å². The van der Waals surface area contributed by atoms with E-state index in [1.807, 2.05) is 12.3 Å². The number of hydrogen-bond acceptors (Lipinski definition) is 2. The molecule has 0 radical (unpaired) electrons. The number of allylic oxidation sites excluding steroid dienone is 3. The monoisotopic (exact) mass is 660 g/mol. The van der Waals surface area contributed by atoms with E-state index in [0.717, 1.165) is 12.1 Å². The number of nitrogens with one attached hydrogen (secondary N) is 1. The van der Waals surface area contributed by atoms with Crippen LogP contribution in [0.15, 0.2) is 158 Å². The van der Waals surface area contributed by atoms with Gasteiger partial charge in [-0.1, -0.05) is 121 Å². The van der Waals surface area contributed by atoms with Gasteiger partial charge in [0.2, 0.25) is 0 Å². The molecule has 7 aromatic rings. The second-order valence-corrected chi connectivity index (χ2v) is 14.7. The molecule has 1 aliphatic heterocycles. The van der Waals surface area contributed by atoms with E-state index >= 15 is 0 Å². The van der Waals surface area contributed by atoms with Crippen molar-refractivity contribution in [1.82, 2.24) is 10.3 Å². The Hall–Kier alpha value is -6.51. The maximum atomic E-state index is 4.76. The zero-order valence-corrected chi connectivity index (χ0v) is 28.4. The number of pyridine rings is 1. The molecule has 2 heterocycles. The fourth-order valence-corrected chi connectivity index (χ4v) is 9.73. The molecule has 2 heteroatoms. The lowest BCUT2D eigenvalue weighted by Gasteiger charge is -2.28. The lowest BCUT2D eigenvalue weighted by Crippen LogP contribution is -2.24. The van der Waals surface area contributed by atoms with E-state index in [1.165, 1.54) is 105 Å². The Kier molecular flexibility index (Phi) is 5.70. The maximum absolute atomic E-state index is 4.76. The summed E-state index contributed by atoms with van der Waals surface area (Å²) in [4.78, 5) is 4.76. The maximum Gasteiger partial charge on any atom is 0.0942 e. The number of dihydropyridines is 1. The van der Waals surface area contributed by atoms with Gasteiger partial charge in [-0.05, 0) is 142 Å². The molecule has 242 valence electrons. The summed E-state index contributed by atoms with van der Waals surface area (Å²) < 4.78 is 0. The van der Waals surface area contributed by atoms with E-state index in [4.69, 9.17) is 4.98 Å². The van der Waals surface area contributed by atoms with Crippen LogP contribution in [0.25, 0.3) is 84.1 Å². The molecule has 6 aromatic carbocycles. The third-order valence-electron chi connectivity index (χ3n) is 12.0. The molecule has 52 heavy (non-hydrogen) atoms. The summed E-state index contributed by atoms with van der Waals surface area (Å²) in [5, 5.41) is 6.38. The third-order valence-corrected chi connectivity index (χ3v) is 12.0. The number of hydrogen-bond donors (Lipinski definition) is 1. The molecule has 0 saturated carbocycles. The predicted molar refractivity (Wildman–Crippen MR) is 215 cm³/mol. The number of nitrogens with zero attached hydrogens (tertiary/aromatic N) is 1. The average molecular weight is 661 g/mol. The first-order valence-corrected chi connectivity index (χ1v) is 18.3. The van der Waals surface area contributed by atoms with E-state index in [2.05, 4.69) is 157 Å². The number of benzene rings is 6. The zero-order valence-electron chi connectivity index (χ0n) is 28.4. The van der Waals surface area contributed by atoms with Crippen molar-refractivity contribution in [2.45, 2.75) is 18.4 Å². The van der Waals surface area contributed by atoms with E-state index in [-0.39, 0.29) is 6.04 Å². The first-order chi connectivity index (χ1) is 25.8. The Morgan fingerprint density at radius 2 is 1.31 bits per heavy atom. The summed E-state index contributed by atoms with van der Waals surface area (Å²) in [5.74, 6) is 0.411. The SMILES string of the molecule is C1=Cc2c(-c3cc(C4=CNC5C(=C4)C=Cc4cccnc45)cc(-c4ccc5c6c(cccc46)-c4ccccc4-5)c3)ccc3c2C(C1)c1ccccc1-3. The molecule has 1 aromatic heterocycles. The van der Waals surface area contributed by atoms with Crippen LogP contribution >= 0.6 is 0 Å². The van der Waals surface area contributed by atoms with Crippen molar-refractivity contribution in [2.75, 3.05) is 0 Å². The molecule has 2 unspecified atom stereocenters. The van der Waals surface area contributed by atoms with Crippen LogP contribution in [-0.2, 0) is 0 Å². The van der Waals surface area contributed by atoms with Crippen LogP contribution < -0.4 is 5.32 Å². The zero-order chi connectivity index (χ0) is 33.9. The van der Waals surface area contributed by atoms with Gasteiger partial charge in [-0.3, -0.25) is 4.98 Å². The minimum absolute atomic E-state index is 0.0515. The molecule has 1 N–H and O–H groups in total. The summed E-state index contributed by atoms with van der Waals surface area (Å²) in [6.07, 6.45) is 16.7. The van der Waals surface area contributed by atoms with Gasteiger partial charge in [0, 0.05) is 18.3 Å². The number of aromatic nitrogens is 1. The molecule has 0 saturated heterocycles. The van der Waals surface area contributed by atoms with Crippen molar-refractivity contribution in [2.24, 2.45) is 0 Å². The van der Waals surface area contributed by atoms with Gasteiger partial charge in [-0.15, -0.1) is 0 Å². The summed E-state index contributed by atoms with van der Waals surface area (Å²) in [6.45, 7) is 0. The molecule has 5 aliphatic rings. The van der Waals surface area contributed by atoms with Crippen molar-refractivity contribution >= 4 is 28.5 Å². The predicted octanol–water partition coefficient (Wildman–Crippen LogP) is 12.4. The molecular formula is C50H32N2. The van der Waals surface area contributed by atoms with Gasteiger partial charge in [-0.2, -0.15) is 0 Å². The van der Waals surface area contributed by atoms with Crippen LogP contribution in [0.2, 0.25) is 0 Å². The van der Waals surface area contributed by atoms with Crippen LogP contribution in [0, 0.1) is 0 Å². The van der Waals surface area contributed by atoms with Gasteiger partial charge >= 0.3 is 0 Å². The van der Waals surface area contributed by atoms with Gasteiger partial charge in [0.25, 0.3) is 0 Å². The second-order valence-electron chi connectivity index (χ2n) is 14.7. The molecule has 0 amide bonds. The average Bonchev–Trinajstić information content (AvgIpc) is 3.72. The summed E-state index contributed by atoms with van der Waals surface area (Å²) in [5.41, 5.74) is 23.3. The largest absolute Gasteiger partial charge is 0.378 e. The molecule has 0 bridgehead atoms. The molecule has 0 spiro atoms. The van der Waals surface area contributed by atoms with Crippen LogP contribution in [0.3, 0.4) is 0 Å². The smallest absolute Gasteiger partial charge is 0.0942 e. The van der Waals surface area contributed by atoms with Gasteiger partial charge < -0.3 is 5.32 Å². The standard InChI is InChI=1S/C50H32N2/c1-3-11-39-37(9-1)43-15-5-13-41-35(19-21-45(39)47(41)43)32-25-31(34-24-30-18-17-29-8-7-23-51-49(29)50(30)52-28-34)26-33(27-32)36-20-22-46-40-12-4-2-10-38(40)44-16-6-14-42(36)48(44)46/h1-15,17-28,44,50,52H,16H2. The minimum Gasteiger partial charge on any atom is -0.378 e. The highest BCUT2D eigenvalue weighted by molar-refractivity contribution is 6.18. The molecule has 4 aliphatic carbocycles. The topological polar surface area (TPSA) is 24.9 Å².